The van der Waals surface area contributed by atoms with Gasteiger partial charge in [0.05, 0.1) is 4.08 Å². The number of hydrogen-bond donors (Lipinski definition) is 2. The number of carbonyl (C=O) groups excluding carboxylic acids is 2. The second kappa shape index (κ2) is 3.57. The number of imide groups is 1. The second-order valence-corrected chi connectivity index (χ2v) is 7.84. The van der Waals surface area contributed by atoms with E-state index in [4.69, 9.17) is 0 Å². The quantitative estimate of drug-likeness (QED) is 0.643. The van der Waals surface area contributed by atoms with Gasteiger partial charge in [0.2, 0.25) is 0 Å². The van der Waals surface area contributed by atoms with Crippen LogP contribution in [0, 0.1) is 0 Å². The minimum atomic E-state index is -0.611. The molecular formula is C10H14N2O2S2. The summed E-state index contributed by atoms with van der Waals surface area (Å²) in [7, 11) is 0. The molecule has 2 N–H and O–H groups in total. The van der Waals surface area contributed by atoms with E-state index in [1.807, 2.05) is 23.5 Å². The molecule has 0 unspecified atom stereocenters. The summed E-state index contributed by atoms with van der Waals surface area (Å²) in [5, 5.41) is 5.22. The van der Waals surface area contributed by atoms with E-state index >= 15 is 0 Å². The van der Waals surface area contributed by atoms with Gasteiger partial charge in [-0.15, -0.1) is 23.5 Å². The Labute approximate surface area is 103 Å². The van der Waals surface area contributed by atoms with Gasteiger partial charge in [-0.25, -0.2) is 4.79 Å². The maximum absolute atomic E-state index is 11.9. The van der Waals surface area contributed by atoms with Gasteiger partial charge in [-0.05, 0) is 19.3 Å². The Morgan fingerprint density at radius 3 is 2.50 bits per heavy atom. The van der Waals surface area contributed by atoms with Gasteiger partial charge in [-0.3, -0.25) is 10.1 Å². The predicted molar refractivity (Wildman–Crippen MR) is 65.5 cm³/mol. The highest BCUT2D eigenvalue weighted by molar-refractivity contribution is 8.21. The van der Waals surface area contributed by atoms with Crippen molar-refractivity contribution in [2.24, 2.45) is 0 Å². The number of amides is 3. The van der Waals surface area contributed by atoms with Crippen LogP contribution in [0.1, 0.15) is 25.7 Å². The number of nitrogens with one attached hydrogen (secondary N) is 2. The monoisotopic (exact) mass is 258 g/mol. The Kier molecular flexibility index (Phi) is 2.40. The van der Waals surface area contributed by atoms with Crippen molar-refractivity contribution in [2.75, 3.05) is 11.5 Å². The largest absolute Gasteiger partial charge is 0.323 e. The summed E-state index contributed by atoms with van der Waals surface area (Å²) in [6, 6.07) is -0.324. The van der Waals surface area contributed by atoms with Crippen LogP contribution in [-0.2, 0) is 4.79 Å². The zero-order chi connectivity index (χ0) is 11.2. The van der Waals surface area contributed by atoms with E-state index < -0.39 is 5.54 Å². The van der Waals surface area contributed by atoms with Crippen LogP contribution in [0.25, 0.3) is 0 Å². The van der Waals surface area contributed by atoms with Gasteiger partial charge in [0.15, 0.2) is 0 Å². The number of thioether (sulfide) groups is 2. The molecule has 0 aromatic heterocycles. The van der Waals surface area contributed by atoms with E-state index in [0.29, 0.717) is 0 Å². The summed E-state index contributed by atoms with van der Waals surface area (Å²) in [5.74, 6) is 2.21. The second-order valence-electron chi connectivity index (χ2n) is 4.63. The third kappa shape index (κ3) is 1.54. The van der Waals surface area contributed by atoms with Crippen molar-refractivity contribution < 1.29 is 9.59 Å². The van der Waals surface area contributed by atoms with Gasteiger partial charge in [-0.1, -0.05) is 0 Å². The fourth-order valence-electron chi connectivity index (χ4n) is 2.87. The summed E-state index contributed by atoms with van der Waals surface area (Å²) >= 11 is 3.92. The zero-order valence-electron chi connectivity index (χ0n) is 8.88. The third-order valence-electron chi connectivity index (χ3n) is 3.56. The fourth-order valence-corrected chi connectivity index (χ4v) is 6.39. The Bertz CT molecular complexity index is 355. The molecule has 6 heteroatoms. The molecule has 1 aliphatic carbocycles. The fraction of sp³-hybridized carbons (Fsp3) is 0.800. The van der Waals surface area contributed by atoms with Crippen LogP contribution in [0.5, 0.6) is 0 Å². The van der Waals surface area contributed by atoms with Crippen molar-refractivity contribution in [2.45, 2.75) is 35.3 Å². The average molecular weight is 258 g/mol. The summed E-state index contributed by atoms with van der Waals surface area (Å²) in [4.78, 5) is 23.2. The predicted octanol–water partition coefficient (Wildman–Crippen LogP) is 1.31. The van der Waals surface area contributed by atoms with Gasteiger partial charge < -0.3 is 5.32 Å². The van der Waals surface area contributed by atoms with E-state index in [2.05, 4.69) is 10.6 Å². The molecule has 16 heavy (non-hydrogen) atoms. The van der Waals surface area contributed by atoms with Crippen molar-refractivity contribution in [3.05, 3.63) is 0 Å². The lowest BCUT2D eigenvalue weighted by Crippen LogP contribution is -2.53. The van der Waals surface area contributed by atoms with E-state index in [0.717, 1.165) is 37.2 Å². The van der Waals surface area contributed by atoms with Gasteiger partial charge in [0.1, 0.15) is 5.54 Å². The van der Waals surface area contributed by atoms with Gasteiger partial charge in [0, 0.05) is 17.9 Å². The molecule has 0 radical (unpaired) electrons. The van der Waals surface area contributed by atoms with Crippen LogP contribution in [0.3, 0.4) is 0 Å². The molecule has 0 aromatic rings. The average Bonchev–Trinajstić information content (AvgIpc) is 2.75. The van der Waals surface area contributed by atoms with Gasteiger partial charge in [-0.2, -0.15) is 0 Å². The van der Waals surface area contributed by atoms with Crippen molar-refractivity contribution in [1.82, 2.24) is 10.6 Å². The lowest BCUT2D eigenvalue weighted by molar-refractivity contribution is -0.125. The van der Waals surface area contributed by atoms with Gasteiger partial charge >= 0.3 is 6.03 Å². The molecule has 3 aliphatic rings. The van der Waals surface area contributed by atoms with Crippen molar-refractivity contribution >= 4 is 35.5 Å². The number of hydrogen-bond acceptors (Lipinski definition) is 4. The summed E-state index contributed by atoms with van der Waals surface area (Å²) in [6.45, 7) is 0. The van der Waals surface area contributed by atoms with E-state index in [-0.39, 0.29) is 16.0 Å². The SMILES string of the molecule is O=C1NC(=O)[C@]2(CCCC3(C2)SCCS3)N1. The molecule has 1 saturated carbocycles. The van der Waals surface area contributed by atoms with Crippen LogP contribution in [0.2, 0.25) is 0 Å². The molecule has 0 aromatic carbocycles. The standard InChI is InChI=1S/C10H14N2O2S2/c13-7-9(12-8(14)11-7)2-1-3-10(6-9)15-4-5-16-10/h1-6H2,(H2,11,12,13,14)/t9-/m1/s1. The topological polar surface area (TPSA) is 58.2 Å². The molecule has 0 bridgehead atoms. The van der Waals surface area contributed by atoms with Crippen LogP contribution in [0.15, 0.2) is 0 Å². The zero-order valence-corrected chi connectivity index (χ0v) is 10.5. The minimum absolute atomic E-state index is 0.121. The van der Waals surface area contributed by atoms with E-state index in [9.17, 15) is 9.59 Å². The van der Waals surface area contributed by atoms with E-state index in [1.54, 1.807) is 0 Å². The smallest absolute Gasteiger partial charge is 0.322 e. The van der Waals surface area contributed by atoms with Crippen LogP contribution < -0.4 is 10.6 Å². The molecule has 2 spiro atoms. The molecular weight excluding hydrogens is 244 g/mol. The van der Waals surface area contributed by atoms with Gasteiger partial charge in [0.25, 0.3) is 5.91 Å². The lowest BCUT2D eigenvalue weighted by Gasteiger charge is -2.41. The molecule has 2 saturated heterocycles. The van der Waals surface area contributed by atoms with E-state index in [1.165, 1.54) is 0 Å². The summed E-state index contributed by atoms with van der Waals surface area (Å²) in [6.07, 6.45) is 3.75. The minimum Gasteiger partial charge on any atom is -0.323 e. The molecule has 2 aliphatic heterocycles. The Balaban J connectivity index is 1.86. The Morgan fingerprint density at radius 2 is 1.88 bits per heavy atom. The van der Waals surface area contributed by atoms with Crippen LogP contribution in [-0.4, -0.2) is 33.1 Å². The molecule has 2 heterocycles. The first-order valence-electron chi connectivity index (χ1n) is 5.56. The molecule has 4 nitrogen and oxygen atoms in total. The first-order valence-corrected chi connectivity index (χ1v) is 7.53. The lowest BCUT2D eigenvalue weighted by atomic mass is 9.81. The molecule has 88 valence electrons. The third-order valence-corrected chi connectivity index (χ3v) is 7.09. The van der Waals surface area contributed by atoms with Crippen LogP contribution >= 0.6 is 23.5 Å². The molecule has 3 amide bonds. The van der Waals surface area contributed by atoms with Crippen molar-refractivity contribution in [3.8, 4) is 0 Å². The maximum Gasteiger partial charge on any atom is 0.322 e. The first-order chi connectivity index (χ1) is 7.64. The normalized spacial score (nSPS) is 36.8. The number of rotatable bonds is 0. The number of urea groups is 1. The highest BCUT2D eigenvalue weighted by Gasteiger charge is 2.54. The summed E-state index contributed by atoms with van der Waals surface area (Å²) in [5.41, 5.74) is -0.611. The molecule has 3 rings (SSSR count). The maximum atomic E-state index is 11.9. The number of carbonyl (C=O) groups is 2. The molecule has 1 atom stereocenters. The Morgan fingerprint density at radius 1 is 1.12 bits per heavy atom. The highest BCUT2D eigenvalue weighted by atomic mass is 32.2. The van der Waals surface area contributed by atoms with Crippen LogP contribution in [0.4, 0.5) is 4.79 Å². The van der Waals surface area contributed by atoms with Crippen molar-refractivity contribution in [3.63, 3.8) is 0 Å². The highest BCUT2D eigenvalue weighted by Crippen LogP contribution is 2.55. The first kappa shape index (κ1) is 10.8. The van der Waals surface area contributed by atoms with Crippen molar-refractivity contribution in [1.29, 1.82) is 0 Å². The molecule has 3 fully saturated rings. The summed E-state index contributed by atoms with van der Waals surface area (Å²) < 4.78 is 0.174. The Hall–Kier alpha value is -0.360.